The Morgan fingerprint density at radius 1 is 0.981 bits per heavy atom. The van der Waals surface area contributed by atoms with Crippen LogP contribution in [-0.2, 0) is 26.0 Å². The highest BCUT2D eigenvalue weighted by molar-refractivity contribution is 7.98. The summed E-state index contributed by atoms with van der Waals surface area (Å²) in [6, 6.07) is 27.8. The van der Waals surface area contributed by atoms with Crippen molar-refractivity contribution in [2.45, 2.75) is 59.4 Å². The molecule has 1 saturated carbocycles. The number of nitrogens with two attached hydrogens (primary N) is 1. The lowest BCUT2D eigenvalue weighted by molar-refractivity contribution is -0.118. The first-order valence-electron chi connectivity index (χ1n) is 17.1. The zero-order valence-electron chi connectivity index (χ0n) is 29.5. The average molecular weight is 767 g/mol. The highest BCUT2D eigenvalue weighted by atomic mass is 32.2. The summed E-state index contributed by atoms with van der Waals surface area (Å²) in [6.07, 6.45) is 0.395. The van der Waals surface area contributed by atoms with Crippen molar-refractivity contribution in [1.82, 2.24) is 9.62 Å². The molecule has 4 aromatic rings. The molecule has 282 valence electrons. The van der Waals surface area contributed by atoms with Gasteiger partial charge >= 0.3 is 6.09 Å². The molecule has 0 aliphatic heterocycles. The Hall–Kier alpha value is -4.50. The number of benzene rings is 4. The van der Waals surface area contributed by atoms with E-state index in [0.717, 1.165) is 15.4 Å². The van der Waals surface area contributed by atoms with Gasteiger partial charge in [0.15, 0.2) is 0 Å². The highest BCUT2D eigenvalue weighted by Crippen LogP contribution is 2.44. The molecule has 2 amide bonds. The number of amides is 2. The summed E-state index contributed by atoms with van der Waals surface area (Å²) in [7, 11) is -3.04. The minimum Gasteiger partial charge on any atom is -0.453 e. The summed E-state index contributed by atoms with van der Waals surface area (Å²) >= 11 is 1.28. The summed E-state index contributed by atoms with van der Waals surface area (Å²) in [6.45, 7) is -0.760. The summed E-state index contributed by atoms with van der Waals surface area (Å²) in [4.78, 5) is 27.3. The van der Waals surface area contributed by atoms with Crippen LogP contribution in [0.15, 0.2) is 113 Å². The Balaban J connectivity index is 1.42. The fourth-order valence-electron chi connectivity index (χ4n) is 6.70. The van der Waals surface area contributed by atoms with Crippen molar-refractivity contribution in [3.63, 3.8) is 0 Å². The number of alkyl carbamates (subject to hydrolysis) is 1. The normalized spacial score (nSPS) is 15.4. The van der Waals surface area contributed by atoms with Gasteiger partial charge in [-0.2, -0.15) is 4.31 Å². The van der Waals surface area contributed by atoms with E-state index in [1.54, 1.807) is 30.5 Å². The molecule has 0 spiro atoms. The number of carbonyl (C=O) groups excluding carboxylic acids is 2. The number of alkyl halides is 2. The lowest BCUT2D eigenvalue weighted by Crippen LogP contribution is -2.49. The highest BCUT2D eigenvalue weighted by Gasteiger charge is 2.47. The smallest absolute Gasteiger partial charge is 0.407 e. The third-order valence-electron chi connectivity index (χ3n) is 9.46. The molecule has 0 saturated heterocycles. The van der Waals surface area contributed by atoms with Crippen LogP contribution in [0.5, 0.6) is 0 Å². The van der Waals surface area contributed by atoms with Gasteiger partial charge in [0.05, 0.1) is 18.6 Å². The number of rotatable bonds is 16. The van der Waals surface area contributed by atoms with Crippen LogP contribution in [0.2, 0.25) is 0 Å². The predicted octanol–water partition coefficient (Wildman–Crippen LogP) is 6.52. The standard InChI is InChI=1S/C39H44F2N4O6S2/c1-51-38(48)44-36(35(28-12-5-3-6-13-28)29-14-7-4-8-15-29)37(47)43-33-16-10-9-11-27(33)17-18-30(25-46)45(24-26-22-39(40,41)23-26)53(49,50)31-19-20-32(42)34(21-31)52-2/h3-16,19-21,26,30,35-36,46H,17-18,22-25,42H2,1-2H3,(H,43,47)(H,44,48)/t30-,36-/m0/s1. The fourth-order valence-corrected chi connectivity index (χ4v) is 9.08. The van der Waals surface area contributed by atoms with Crippen molar-refractivity contribution in [2.24, 2.45) is 5.92 Å². The number of aliphatic hydroxyl groups excluding tert-OH is 1. The van der Waals surface area contributed by atoms with Crippen molar-refractivity contribution >= 4 is 45.2 Å². The number of sulfonamides is 1. The van der Waals surface area contributed by atoms with Gasteiger partial charge in [0.2, 0.25) is 21.9 Å². The maximum atomic E-state index is 14.2. The maximum Gasteiger partial charge on any atom is 0.407 e. The Kier molecular flexibility index (Phi) is 13.1. The van der Waals surface area contributed by atoms with Crippen LogP contribution >= 0.6 is 11.8 Å². The Morgan fingerprint density at radius 2 is 1.58 bits per heavy atom. The topological polar surface area (TPSA) is 151 Å². The average Bonchev–Trinajstić information content (AvgIpc) is 3.14. The minimum atomic E-state index is -4.25. The number of nitrogen functional groups attached to an aromatic ring is 1. The van der Waals surface area contributed by atoms with Gasteiger partial charge in [-0.05, 0) is 66.0 Å². The van der Waals surface area contributed by atoms with Gasteiger partial charge in [0.1, 0.15) is 6.04 Å². The van der Waals surface area contributed by atoms with Gasteiger partial charge < -0.3 is 26.2 Å². The van der Waals surface area contributed by atoms with Gasteiger partial charge in [-0.1, -0.05) is 78.9 Å². The fraction of sp³-hybridized carbons (Fsp3) is 0.333. The molecule has 0 aromatic heterocycles. The van der Waals surface area contributed by atoms with Crippen molar-refractivity contribution < 1.29 is 36.6 Å². The number of nitrogens with zero attached hydrogens (tertiary/aromatic N) is 1. The number of halogens is 2. The Morgan fingerprint density at radius 3 is 2.15 bits per heavy atom. The van der Waals surface area contributed by atoms with E-state index in [1.807, 2.05) is 60.7 Å². The van der Waals surface area contributed by atoms with Crippen molar-refractivity contribution in [1.29, 1.82) is 0 Å². The van der Waals surface area contributed by atoms with Gasteiger partial charge in [-0.25, -0.2) is 22.0 Å². The minimum absolute atomic E-state index is 0.0521. The SMILES string of the molecule is COC(=O)N[C@H](C(=O)Nc1ccccc1CC[C@@H](CO)N(CC1CC(F)(F)C1)S(=O)(=O)c1ccc(N)c(SC)c1)C(c1ccccc1)c1ccccc1. The molecule has 0 unspecified atom stereocenters. The number of anilines is 2. The third-order valence-corrected chi connectivity index (χ3v) is 12.2. The number of carbonyl (C=O) groups is 2. The van der Waals surface area contributed by atoms with Crippen LogP contribution in [0.4, 0.5) is 25.0 Å². The van der Waals surface area contributed by atoms with E-state index in [9.17, 15) is 31.9 Å². The quantitative estimate of drug-likeness (QED) is 0.0745. The largest absolute Gasteiger partial charge is 0.453 e. The first kappa shape index (κ1) is 39.7. The van der Waals surface area contributed by atoms with Crippen LogP contribution < -0.4 is 16.4 Å². The molecule has 0 heterocycles. The molecule has 2 atom stereocenters. The first-order chi connectivity index (χ1) is 25.4. The molecule has 5 rings (SSSR count). The lowest BCUT2D eigenvalue weighted by Gasteiger charge is -2.40. The number of hydrogen-bond acceptors (Lipinski definition) is 8. The number of ether oxygens (including phenoxy) is 1. The predicted molar refractivity (Wildman–Crippen MR) is 203 cm³/mol. The second kappa shape index (κ2) is 17.5. The van der Waals surface area contributed by atoms with E-state index in [2.05, 4.69) is 10.6 Å². The second-order valence-corrected chi connectivity index (χ2v) is 15.8. The van der Waals surface area contributed by atoms with Gasteiger partial charge in [-0.15, -0.1) is 11.8 Å². The van der Waals surface area contributed by atoms with Crippen LogP contribution in [-0.4, -0.2) is 74.4 Å². The zero-order valence-corrected chi connectivity index (χ0v) is 31.1. The third kappa shape index (κ3) is 9.74. The lowest BCUT2D eigenvalue weighted by atomic mass is 9.81. The summed E-state index contributed by atoms with van der Waals surface area (Å²) in [5.74, 6) is -4.57. The molecular formula is C39H44F2N4O6S2. The number of nitrogens with one attached hydrogen (secondary N) is 2. The molecule has 4 aromatic carbocycles. The number of hydrogen-bond donors (Lipinski definition) is 4. The molecule has 0 bridgehead atoms. The van der Waals surface area contributed by atoms with E-state index in [4.69, 9.17) is 10.5 Å². The van der Waals surface area contributed by atoms with Crippen LogP contribution in [0, 0.1) is 5.92 Å². The van der Waals surface area contributed by atoms with E-state index in [-0.39, 0.29) is 24.3 Å². The van der Waals surface area contributed by atoms with Crippen molar-refractivity contribution in [2.75, 3.05) is 37.6 Å². The van der Waals surface area contributed by atoms with E-state index in [1.165, 1.54) is 37.1 Å². The molecule has 53 heavy (non-hydrogen) atoms. The second-order valence-electron chi connectivity index (χ2n) is 13.0. The Bertz CT molecular complexity index is 1920. The summed E-state index contributed by atoms with van der Waals surface area (Å²) in [5.41, 5.74) is 9.05. The monoisotopic (exact) mass is 766 g/mol. The molecule has 1 aliphatic carbocycles. The summed E-state index contributed by atoms with van der Waals surface area (Å²) in [5, 5.41) is 16.3. The van der Waals surface area contributed by atoms with Crippen molar-refractivity contribution in [3.05, 3.63) is 120 Å². The molecule has 1 aliphatic rings. The van der Waals surface area contributed by atoms with Crippen molar-refractivity contribution in [3.8, 4) is 0 Å². The zero-order chi connectivity index (χ0) is 38.2. The van der Waals surface area contributed by atoms with E-state index >= 15 is 0 Å². The number of methoxy groups -OCH3 is 1. The Labute approximate surface area is 313 Å². The van der Waals surface area contributed by atoms with E-state index < -0.39 is 71.3 Å². The number of aryl methyl sites for hydroxylation is 1. The van der Waals surface area contributed by atoms with Gasteiger partial charge in [0, 0.05) is 47.6 Å². The molecule has 0 radical (unpaired) electrons. The molecule has 14 heteroatoms. The van der Waals surface area contributed by atoms with Crippen LogP contribution in [0.1, 0.15) is 41.9 Å². The summed E-state index contributed by atoms with van der Waals surface area (Å²) < 4.78 is 62.1. The van der Waals surface area contributed by atoms with E-state index in [0.29, 0.717) is 21.8 Å². The van der Waals surface area contributed by atoms with Gasteiger partial charge in [0.25, 0.3) is 0 Å². The first-order valence-corrected chi connectivity index (χ1v) is 19.8. The molecule has 5 N–H and O–H groups in total. The number of para-hydroxylation sites is 1. The molecule has 1 fully saturated rings. The van der Waals surface area contributed by atoms with Gasteiger partial charge in [-0.3, -0.25) is 4.79 Å². The van der Waals surface area contributed by atoms with Crippen LogP contribution in [0.25, 0.3) is 0 Å². The molecule has 10 nitrogen and oxygen atoms in total. The molecular weight excluding hydrogens is 723 g/mol. The van der Waals surface area contributed by atoms with Crippen LogP contribution in [0.3, 0.4) is 0 Å². The number of aliphatic hydroxyl groups is 1. The maximum absolute atomic E-state index is 14.2. The number of thioether (sulfide) groups is 1.